The summed E-state index contributed by atoms with van der Waals surface area (Å²) in [5, 5.41) is 24.3. The van der Waals surface area contributed by atoms with Gasteiger partial charge in [0, 0.05) is 18.5 Å². The Morgan fingerprint density at radius 1 is 1.09 bits per heavy atom. The van der Waals surface area contributed by atoms with Crippen LogP contribution in [0.25, 0.3) is 16.8 Å². The lowest BCUT2D eigenvalue weighted by atomic mass is 10.0. The molecule has 0 spiro atoms. The molecule has 33 heavy (non-hydrogen) atoms. The van der Waals surface area contributed by atoms with Gasteiger partial charge >= 0.3 is 6.09 Å². The third-order valence-corrected chi connectivity index (χ3v) is 4.96. The van der Waals surface area contributed by atoms with E-state index in [0.29, 0.717) is 17.1 Å². The molecule has 2 atom stereocenters. The first-order valence-corrected chi connectivity index (χ1v) is 10.3. The van der Waals surface area contributed by atoms with Crippen molar-refractivity contribution in [2.75, 3.05) is 0 Å². The van der Waals surface area contributed by atoms with Crippen molar-refractivity contribution in [2.24, 2.45) is 0 Å². The van der Waals surface area contributed by atoms with Gasteiger partial charge in [0.15, 0.2) is 5.82 Å². The quantitative estimate of drug-likeness (QED) is 0.463. The minimum atomic E-state index is -0.886. The fourth-order valence-electron chi connectivity index (χ4n) is 3.24. The van der Waals surface area contributed by atoms with E-state index in [9.17, 15) is 9.90 Å². The first kappa shape index (κ1) is 22.0. The summed E-state index contributed by atoms with van der Waals surface area (Å²) in [5.74, 6) is 0.557. The molecule has 0 bridgehead atoms. The van der Waals surface area contributed by atoms with E-state index in [1.165, 1.54) is 4.68 Å². The zero-order valence-corrected chi connectivity index (χ0v) is 18.4. The molecule has 1 unspecified atom stereocenters. The summed E-state index contributed by atoms with van der Waals surface area (Å²) in [6.45, 7) is 5.37. The lowest BCUT2D eigenvalue weighted by Crippen LogP contribution is -2.30. The number of nitrogens with one attached hydrogen (secondary N) is 1. The molecule has 1 amide bonds. The number of aliphatic hydroxyl groups excluding tert-OH is 1. The summed E-state index contributed by atoms with van der Waals surface area (Å²) in [6.07, 6.45) is 3.17. The second kappa shape index (κ2) is 9.53. The average Bonchev–Trinajstić information content (AvgIpc) is 3.30. The van der Waals surface area contributed by atoms with Crippen LogP contribution >= 0.6 is 0 Å². The Hall–Kier alpha value is -4.18. The zero-order valence-electron chi connectivity index (χ0n) is 18.4. The summed E-state index contributed by atoms with van der Waals surface area (Å²) in [5.41, 5.74) is 4.00. The van der Waals surface area contributed by atoms with Crippen molar-refractivity contribution >= 4 is 6.09 Å². The maximum Gasteiger partial charge on any atom is 0.413 e. The molecule has 2 aromatic carbocycles. The number of carbonyl (C=O) groups excluding carboxylic acids is 1. The van der Waals surface area contributed by atoms with Gasteiger partial charge in [-0.15, -0.1) is 5.10 Å². The molecule has 0 aliphatic rings. The van der Waals surface area contributed by atoms with Crippen LogP contribution < -0.4 is 10.1 Å². The van der Waals surface area contributed by atoms with Crippen molar-refractivity contribution in [3.8, 4) is 22.6 Å². The van der Waals surface area contributed by atoms with Crippen LogP contribution in [0.1, 0.15) is 43.1 Å². The molecule has 4 aromatic rings. The van der Waals surface area contributed by atoms with Crippen molar-refractivity contribution in [3.05, 3.63) is 78.1 Å². The SMILES string of the molecule is Cc1ccc(-c2cc(OC(=O)N[C@@H](C)c3cnccn3)cc(-n3nnnc3C(C)O)c2)cc1. The molecule has 10 heteroatoms. The Labute approximate surface area is 190 Å². The van der Waals surface area contributed by atoms with Gasteiger partial charge in [-0.1, -0.05) is 29.8 Å². The van der Waals surface area contributed by atoms with E-state index < -0.39 is 18.2 Å². The van der Waals surface area contributed by atoms with E-state index in [1.54, 1.807) is 44.6 Å². The predicted octanol–water partition coefficient (Wildman–Crippen LogP) is 3.33. The van der Waals surface area contributed by atoms with Crippen molar-refractivity contribution in [1.82, 2.24) is 35.5 Å². The molecule has 2 heterocycles. The van der Waals surface area contributed by atoms with E-state index in [4.69, 9.17) is 4.74 Å². The highest BCUT2D eigenvalue weighted by molar-refractivity contribution is 5.74. The number of rotatable bonds is 6. The van der Waals surface area contributed by atoms with Gasteiger partial charge in [-0.2, -0.15) is 4.68 Å². The number of hydrogen-bond acceptors (Lipinski definition) is 8. The van der Waals surface area contributed by atoms with Gasteiger partial charge in [0.25, 0.3) is 0 Å². The van der Waals surface area contributed by atoms with Crippen LogP contribution in [0.2, 0.25) is 0 Å². The van der Waals surface area contributed by atoms with Crippen LogP contribution in [-0.2, 0) is 0 Å². The molecule has 2 N–H and O–H groups in total. The monoisotopic (exact) mass is 445 g/mol. The summed E-state index contributed by atoms with van der Waals surface area (Å²) >= 11 is 0. The van der Waals surface area contributed by atoms with E-state index >= 15 is 0 Å². The number of aryl methyl sites for hydroxylation is 1. The lowest BCUT2D eigenvalue weighted by Gasteiger charge is -2.15. The maximum atomic E-state index is 12.6. The van der Waals surface area contributed by atoms with Crippen molar-refractivity contribution in [1.29, 1.82) is 0 Å². The van der Waals surface area contributed by atoms with Gasteiger partial charge in [-0.05, 0) is 54.5 Å². The molecule has 10 nitrogen and oxygen atoms in total. The topological polar surface area (TPSA) is 128 Å². The van der Waals surface area contributed by atoms with Crippen molar-refractivity contribution in [3.63, 3.8) is 0 Å². The van der Waals surface area contributed by atoms with Crippen LogP contribution in [0.15, 0.2) is 61.1 Å². The summed E-state index contributed by atoms with van der Waals surface area (Å²) < 4.78 is 7.00. The number of aromatic nitrogens is 6. The molecule has 0 saturated carbocycles. The molecule has 0 fully saturated rings. The van der Waals surface area contributed by atoms with Crippen LogP contribution in [0.3, 0.4) is 0 Å². The Morgan fingerprint density at radius 2 is 1.88 bits per heavy atom. The maximum absolute atomic E-state index is 12.6. The summed E-state index contributed by atoms with van der Waals surface area (Å²) in [7, 11) is 0. The van der Waals surface area contributed by atoms with Crippen molar-refractivity contribution in [2.45, 2.75) is 32.9 Å². The van der Waals surface area contributed by atoms with Gasteiger partial charge in [-0.25, -0.2) is 4.79 Å². The first-order chi connectivity index (χ1) is 15.9. The van der Waals surface area contributed by atoms with E-state index in [1.807, 2.05) is 37.3 Å². The third kappa shape index (κ3) is 5.18. The molecule has 168 valence electrons. The number of aliphatic hydroxyl groups is 1. The number of tetrazole rings is 1. The van der Waals surface area contributed by atoms with Gasteiger partial charge in [0.05, 0.1) is 23.6 Å². The van der Waals surface area contributed by atoms with Gasteiger partial charge in [0.2, 0.25) is 0 Å². The molecular weight excluding hydrogens is 422 g/mol. The Balaban J connectivity index is 1.66. The van der Waals surface area contributed by atoms with Gasteiger partial charge < -0.3 is 15.2 Å². The van der Waals surface area contributed by atoms with Crippen molar-refractivity contribution < 1.29 is 14.6 Å². The standard InChI is InChI=1S/C23H23N7O3/c1-14-4-6-17(7-5-14)18-10-19(30-22(16(3)31)27-28-29-30)12-20(11-18)33-23(32)26-15(2)21-13-24-8-9-25-21/h4-13,15-16,31H,1-3H3,(H,26,32)/t15-,16?/m0/s1. The fraction of sp³-hybridized carbons (Fsp3) is 0.217. The summed E-state index contributed by atoms with van der Waals surface area (Å²) in [6, 6.07) is 12.8. The summed E-state index contributed by atoms with van der Waals surface area (Å²) in [4.78, 5) is 20.8. The number of hydrogen-bond donors (Lipinski definition) is 2. The van der Waals surface area contributed by atoms with Crippen LogP contribution in [0, 0.1) is 6.92 Å². The molecule has 0 saturated heterocycles. The Morgan fingerprint density at radius 3 is 2.58 bits per heavy atom. The number of amides is 1. The first-order valence-electron chi connectivity index (χ1n) is 10.3. The van der Waals surface area contributed by atoms with Gasteiger partial charge in [-0.3, -0.25) is 9.97 Å². The van der Waals surface area contributed by atoms with Gasteiger partial charge in [0.1, 0.15) is 11.9 Å². The highest BCUT2D eigenvalue weighted by Crippen LogP contribution is 2.29. The van der Waals surface area contributed by atoms with Crippen LogP contribution in [0.5, 0.6) is 5.75 Å². The Kier molecular flexibility index (Phi) is 6.36. The predicted molar refractivity (Wildman–Crippen MR) is 120 cm³/mol. The van der Waals surface area contributed by atoms with E-state index in [-0.39, 0.29) is 5.82 Å². The fourth-order valence-corrected chi connectivity index (χ4v) is 3.24. The normalized spacial score (nSPS) is 12.7. The number of ether oxygens (including phenoxy) is 1. The molecule has 0 aliphatic heterocycles. The number of nitrogens with zero attached hydrogens (tertiary/aromatic N) is 6. The Bertz CT molecular complexity index is 1240. The van der Waals surface area contributed by atoms with Crippen LogP contribution in [0.4, 0.5) is 4.79 Å². The van der Waals surface area contributed by atoms with E-state index in [2.05, 4.69) is 30.8 Å². The molecule has 4 rings (SSSR count). The largest absolute Gasteiger partial charge is 0.413 e. The third-order valence-electron chi connectivity index (χ3n) is 4.96. The molecule has 2 aromatic heterocycles. The zero-order chi connectivity index (χ0) is 23.4. The average molecular weight is 445 g/mol. The second-order valence-electron chi connectivity index (χ2n) is 7.59. The smallest absolute Gasteiger partial charge is 0.410 e. The molecule has 0 radical (unpaired) electrons. The van der Waals surface area contributed by atoms with Crippen LogP contribution in [-0.4, -0.2) is 41.4 Å². The highest BCUT2D eigenvalue weighted by Gasteiger charge is 2.17. The minimum Gasteiger partial charge on any atom is -0.410 e. The van der Waals surface area contributed by atoms with E-state index in [0.717, 1.165) is 16.7 Å². The molecular formula is C23H23N7O3. The second-order valence-corrected chi connectivity index (χ2v) is 7.59. The number of carbonyl (C=O) groups is 1. The molecule has 0 aliphatic carbocycles. The highest BCUT2D eigenvalue weighted by atomic mass is 16.6. The minimum absolute atomic E-state index is 0.266. The number of benzene rings is 2. The lowest BCUT2D eigenvalue weighted by molar-refractivity contribution is 0.185.